The molecule has 27 heavy (non-hydrogen) atoms. The summed E-state index contributed by atoms with van der Waals surface area (Å²) < 4.78 is 5.54. The van der Waals surface area contributed by atoms with Gasteiger partial charge in [0.1, 0.15) is 6.10 Å². The van der Waals surface area contributed by atoms with Crippen LogP contribution in [0.15, 0.2) is 36.4 Å². The van der Waals surface area contributed by atoms with E-state index in [2.05, 4.69) is 31.2 Å². The molecule has 3 rings (SSSR count). The standard InChI is InChI=1S/C25H36O2/c1-3-5-19-7-9-20(10-8-19)21-11-13-22(14-12-21)23-15-17-24(18-16-23)27-25(26)6-4-2/h4,6-10,21-24H,3,5,11-18H2,1-2H3/b6-4+. The van der Waals surface area contributed by atoms with Crippen molar-refractivity contribution in [3.63, 3.8) is 0 Å². The second-order valence-electron chi connectivity index (χ2n) is 8.58. The molecule has 2 nitrogen and oxygen atoms in total. The summed E-state index contributed by atoms with van der Waals surface area (Å²) in [6.45, 7) is 4.10. The minimum absolute atomic E-state index is 0.142. The van der Waals surface area contributed by atoms with Gasteiger partial charge in [0.25, 0.3) is 0 Å². The van der Waals surface area contributed by atoms with E-state index in [-0.39, 0.29) is 12.1 Å². The van der Waals surface area contributed by atoms with Crippen LogP contribution in [0, 0.1) is 11.8 Å². The molecule has 0 radical (unpaired) electrons. The van der Waals surface area contributed by atoms with Crippen LogP contribution in [0.1, 0.15) is 88.7 Å². The number of rotatable bonds is 6. The lowest BCUT2D eigenvalue weighted by atomic mass is 9.69. The lowest BCUT2D eigenvalue weighted by molar-refractivity contribution is -0.145. The molecule has 0 atom stereocenters. The molecule has 0 aromatic heterocycles. The molecule has 0 amide bonds. The molecular weight excluding hydrogens is 332 g/mol. The third kappa shape index (κ3) is 5.70. The zero-order chi connectivity index (χ0) is 19.1. The van der Waals surface area contributed by atoms with Crippen LogP contribution in [0.25, 0.3) is 0 Å². The average molecular weight is 369 g/mol. The molecule has 0 bridgehead atoms. The maximum atomic E-state index is 11.6. The van der Waals surface area contributed by atoms with Crippen LogP contribution >= 0.6 is 0 Å². The molecule has 0 aliphatic heterocycles. The molecule has 0 spiro atoms. The van der Waals surface area contributed by atoms with Gasteiger partial charge >= 0.3 is 5.97 Å². The van der Waals surface area contributed by atoms with Crippen molar-refractivity contribution in [2.24, 2.45) is 11.8 Å². The summed E-state index contributed by atoms with van der Waals surface area (Å²) in [6, 6.07) is 9.42. The molecule has 0 saturated heterocycles. The Kier molecular flexibility index (Phi) is 7.55. The van der Waals surface area contributed by atoms with Crippen LogP contribution in [0.5, 0.6) is 0 Å². The maximum Gasteiger partial charge on any atom is 0.330 e. The molecule has 148 valence electrons. The summed E-state index contributed by atoms with van der Waals surface area (Å²) in [5.74, 6) is 2.31. The number of hydrogen-bond donors (Lipinski definition) is 0. The highest BCUT2D eigenvalue weighted by Crippen LogP contribution is 2.43. The second kappa shape index (κ2) is 10.1. The van der Waals surface area contributed by atoms with Crippen LogP contribution in [0.4, 0.5) is 0 Å². The number of carbonyl (C=O) groups excluding carboxylic acids is 1. The van der Waals surface area contributed by atoms with E-state index >= 15 is 0 Å². The lowest BCUT2D eigenvalue weighted by Crippen LogP contribution is -2.29. The van der Waals surface area contributed by atoms with E-state index in [9.17, 15) is 4.79 Å². The second-order valence-corrected chi connectivity index (χ2v) is 8.58. The van der Waals surface area contributed by atoms with Gasteiger partial charge in [-0.05, 0) is 93.6 Å². The third-order valence-corrected chi connectivity index (χ3v) is 6.73. The van der Waals surface area contributed by atoms with Gasteiger partial charge in [-0.25, -0.2) is 4.79 Å². The van der Waals surface area contributed by atoms with E-state index in [4.69, 9.17) is 4.74 Å². The Morgan fingerprint density at radius 1 is 0.963 bits per heavy atom. The van der Waals surface area contributed by atoms with Crippen LogP contribution in [-0.2, 0) is 16.0 Å². The van der Waals surface area contributed by atoms with E-state index in [1.165, 1.54) is 63.0 Å². The highest BCUT2D eigenvalue weighted by molar-refractivity contribution is 5.81. The Hall–Kier alpha value is -1.57. The summed E-state index contributed by atoms with van der Waals surface area (Å²) in [6.07, 6.45) is 15.8. The molecule has 2 saturated carbocycles. The van der Waals surface area contributed by atoms with Crippen molar-refractivity contribution in [2.45, 2.75) is 90.1 Å². The maximum absolute atomic E-state index is 11.6. The zero-order valence-corrected chi connectivity index (χ0v) is 17.2. The van der Waals surface area contributed by atoms with Gasteiger partial charge in [0.2, 0.25) is 0 Å². The minimum Gasteiger partial charge on any atom is -0.459 e. The first kappa shape index (κ1) is 20.2. The van der Waals surface area contributed by atoms with Gasteiger partial charge < -0.3 is 4.74 Å². The first-order valence-corrected chi connectivity index (χ1v) is 11.1. The van der Waals surface area contributed by atoms with E-state index < -0.39 is 0 Å². The molecule has 0 heterocycles. The van der Waals surface area contributed by atoms with Gasteiger partial charge in [-0.1, -0.05) is 43.7 Å². The molecule has 1 aromatic rings. The molecule has 2 aliphatic rings. The van der Waals surface area contributed by atoms with Gasteiger partial charge in [0.15, 0.2) is 0 Å². The summed E-state index contributed by atoms with van der Waals surface area (Å²) in [5, 5.41) is 0. The highest BCUT2D eigenvalue weighted by atomic mass is 16.5. The topological polar surface area (TPSA) is 26.3 Å². The van der Waals surface area contributed by atoms with Crippen LogP contribution in [-0.4, -0.2) is 12.1 Å². The molecule has 2 fully saturated rings. The Balaban J connectivity index is 1.42. The van der Waals surface area contributed by atoms with E-state index in [1.807, 2.05) is 6.92 Å². The van der Waals surface area contributed by atoms with Gasteiger partial charge in [-0.2, -0.15) is 0 Å². The van der Waals surface area contributed by atoms with E-state index in [0.29, 0.717) is 0 Å². The van der Waals surface area contributed by atoms with Crippen molar-refractivity contribution in [1.82, 2.24) is 0 Å². The fraction of sp³-hybridized carbons (Fsp3) is 0.640. The molecular formula is C25H36O2. The smallest absolute Gasteiger partial charge is 0.330 e. The Bertz CT molecular complexity index is 600. The minimum atomic E-state index is -0.175. The predicted molar refractivity (Wildman–Crippen MR) is 112 cm³/mol. The third-order valence-electron chi connectivity index (χ3n) is 6.73. The van der Waals surface area contributed by atoms with Crippen LogP contribution in [0.2, 0.25) is 0 Å². The normalized spacial score (nSPS) is 29.0. The Labute approximate surface area is 165 Å². The molecule has 0 unspecified atom stereocenters. The Morgan fingerprint density at radius 2 is 1.56 bits per heavy atom. The van der Waals surface area contributed by atoms with Crippen molar-refractivity contribution in [2.75, 3.05) is 0 Å². The van der Waals surface area contributed by atoms with Crippen molar-refractivity contribution < 1.29 is 9.53 Å². The summed E-state index contributed by atoms with van der Waals surface area (Å²) >= 11 is 0. The summed E-state index contributed by atoms with van der Waals surface area (Å²) in [5.41, 5.74) is 3.02. The van der Waals surface area contributed by atoms with E-state index in [1.54, 1.807) is 11.6 Å². The molecule has 2 aliphatic carbocycles. The SMILES string of the molecule is C/C=C/C(=O)OC1CCC(C2CCC(c3ccc(CCC)cc3)CC2)CC1. The fourth-order valence-electron chi connectivity index (χ4n) is 5.19. The largest absolute Gasteiger partial charge is 0.459 e. The first-order valence-electron chi connectivity index (χ1n) is 11.1. The number of carbonyl (C=O) groups is 1. The van der Waals surface area contributed by atoms with E-state index in [0.717, 1.165) is 30.6 Å². The number of ether oxygens (including phenoxy) is 1. The number of aryl methyl sites for hydroxylation is 1. The van der Waals surface area contributed by atoms with Crippen LogP contribution < -0.4 is 0 Å². The summed E-state index contributed by atoms with van der Waals surface area (Å²) in [4.78, 5) is 11.6. The highest BCUT2D eigenvalue weighted by Gasteiger charge is 2.32. The van der Waals surface area contributed by atoms with Gasteiger partial charge in [-0.3, -0.25) is 0 Å². The van der Waals surface area contributed by atoms with Gasteiger partial charge in [-0.15, -0.1) is 0 Å². The number of hydrogen-bond acceptors (Lipinski definition) is 2. The van der Waals surface area contributed by atoms with Crippen molar-refractivity contribution in [3.05, 3.63) is 47.5 Å². The van der Waals surface area contributed by atoms with Crippen LogP contribution in [0.3, 0.4) is 0 Å². The first-order chi connectivity index (χ1) is 13.2. The molecule has 0 N–H and O–H groups in total. The van der Waals surface area contributed by atoms with Gasteiger partial charge in [0, 0.05) is 6.08 Å². The Morgan fingerprint density at radius 3 is 2.11 bits per heavy atom. The van der Waals surface area contributed by atoms with Crippen molar-refractivity contribution in [1.29, 1.82) is 0 Å². The quantitative estimate of drug-likeness (QED) is 0.418. The lowest BCUT2D eigenvalue weighted by Gasteiger charge is -2.37. The summed E-state index contributed by atoms with van der Waals surface area (Å²) in [7, 11) is 0. The number of benzene rings is 1. The van der Waals surface area contributed by atoms with Crippen molar-refractivity contribution >= 4 is 5.97 Å². The number of allylic oxidation sites excluding steroid dienone is 1. The number of esters is 1. The molecule has 2 heteroatoms. The monoisotopic (exact) mass is 368 g/mol. The molecule has 1 aromatic carbocycles. The van der Waals surface area contributed by atoms with Crippen molar-refractivity contribution in [3.8, 4) is 0 Å². The zero-order valence-electron chi connectivity index (χ0n) is 17.2. The fourth-order valence-corrected chi connectivity index (χ4v) is 5.19. The van der Waals surface area contributed by atoms with Gasteiger partial charge in [0.05, 0.1) is 0 Å². The average Bonchev–Trinajstić information content (AvgIpc) is 2.70. The predicted octanol–water partition coefficient (Wildman–Crippen LogP) is 6.59.